The number of hydrogen-bond donors (Lipinski definition) is 0. The summed E-state index contributed by atoms with van der Waals surface area (Å²) in [6.07, 6.45) is 4.09. The summed E-state index contributed by atoms with van der Waals surface area (Å²) in [6.45, 7) is 0. The van der Waals surface area contributed by atoms with Gasteiger partial charge in [-0.15, -0.1) is 0 Å². The SMILES string of the molecule is [N-]=[N+]=N[C@@H]1C=C[C@H](N=[N+]=[N-])C1. The zero-order chi connectivity index (χ0) is 8.10. The lowest BCUT2D eigenvalue weighted by atomic mass is 10.2. The largest absolute Gasteiger partial charge is 0.0865 e. The molecule has 6 nitrogen and oxygen atoms in total. The molecule has 0 aromatic heterocycles. The molecule has 0 N–H and O–H groups in total. The molecule has 0 aromatic carbocycles. The van der Waals surface area contributed by atoms with Crippen molar-refractivity contribution in [2.24, 2.45) is 10.2 Å². The molecule has 0 unspecified atom stereocenters. The summed E-state index contributed by atoms with van der Waals surface area (Å²) >= 11 is 0. The van der Waals surface area contributed by atoms with E-state index in [1.54, 1.807) is 12.2 Å². The number of hydrogen-bond acceptors (Lipinski definition) is 2. The van der Waals surface area contributed by atoms with Crippen LogP contribution >= 0.6 is 0 Å². The summed E-state index contributed by atoms with van der Waals surface area (Å²) in [5, 5.41) is 6.93. The Morgan fingerprint density at radius 3 is 1.91 bits per heavy atom. The smallest absolute Gasteiger partial charge is 0.0562 e. The Balaban J connectivity index is 2.55. The van der Waals surface area contributed by atoms with E-state index in [1.165, 1.54) is 0 Å². The van der Waals surface area contributed by atoms with Crippen molar-refractivity contribution in [1.82, 2.24) is 0 Å². The molecule has 0 saturated carbocycles. The third-order valence-corrected chi connectivity index (χ3v) is 1.44. The van der Waals surface area contributed by atoms with Crippen LogP contribution in [0.15, 0.2) is 22.4 Å². The van der Waals surface area contributed by atoms with Gasteiger partial charge in [-0.1, -0.05) is 22.4 Å². The highest BCUT2D eigenvalue weighted by Crippen LogP contribution is 2.16. The molecule has 1 aliphatic carbocycles. The van der Waals surface area contributed by atoms with Crippen LogP contribution in [-0.4, -0.2) is 12.1 Å². The monoisotopic (exact) mass is 150 g/mol. The normalized spacial score (nSPS) is 27.3. The first-order chi connectivity index (χ1) is 5.36. The van der Waals surface area contributed by atoms with Crippen LogP contribution in [0.2, 0.25) is 0 Å². The van der Waals surface area contributed by atoms with Gasteiger partial charge in [-0.3, -0.25) is 0 Å². The van der Waals surface area contributed by atoms with E-state index in [9.17, 15) is 0 Å². The molecule has 0 spiro atoms. The highest BCUT2D eigenvalue weighted by Gasteiger charge is 2.15. The van der Waals surface area contributed by atoms with Crippen molar-refractivity contribution in [3.8, 4) is 0 Å². The van der Waals surface area contributed by atoms with Gasteiger partial charge in [0, 0.05) is 9.82 Å². The minimum Gasteiger partial charge on any atom is -0.0865 e. The third kappa shape index (κ3) is 1.89. The maximum Gasteiger partial charge on any atom is 0.0562 e. The molecule has 1 rings (SSSR count). The average Bonchev–Trinajstić information content (AvgIpc) is 2.38. The predicted molar refractivity (Wildman–Crippen MR) is 39.6 cm³/mol. The lowest BCUT2D eigenvalue weighted by molar-refractivity contribution is 0.693. The van der Waals surface area contributed by atoms with Gasteiger partial charge in [-0.05, 0) is 17.5 Å². The lowest BCUT2D eigenvalue weighted by Crippen LogP contribution is -2.00. The molecule has 56 valence electrons. The van der Waals surface area contributed by atoms with Crippen LogP contribution < -0.4 is 0 Å². The molecule has 11 heavy (non-hydrogen) atoms. The molecule has 0 aromatic rings. The molecule has 0 saturated heterocycles. The van der Waals surface area contributed by atoms with Crippen LogP contribution in [0, 0.1) is 0 Å². The Labute approximate surface area is 62.8 Å². The molecule has 0 radical (unpaired) electrons. The van der Waals surface area contributed by atoms with Gasteiger partial charge in [0.05, 0.1) is 12.1 Å². The van der Waals surface area contributed by atoms with Crippen molar-refractivity contribution in [3.63, 3.8) is 0 Å². The van der Waals surface area contributed by atoms with Crippen LogP contribution in [0.5, 0.6) is 0 Å². The van der Waals surface area contributed by atoms with Gasteiger partial charge in [0.1, 0.15) is 0 Å². The first kappa shape index (κ1) is 7.47. The quantitative estimate of drug-likeness (QED) is 0.250. The highest BCUT2D eigenvalue weighted by molar-refractivity contribution is 5.09. The molecule has 1 aliphatic rings. The van der Waals surface area contributed by atoms with E-state index >= 15 is 0 Å². The molecule has 0 aliphatic heterocycles. The maximum atomic E-state index is 8.06. The Bertz CT molecular complexity index is 230. The van der Waals surface area contributed by atoms with Crippen LogP contribution in [0.25, 0.3) is 20.9 Å². The van der Waals surface area contributed by atoms with Crippen molar-refractivity contribution in [3.05, 3.63) is 33.0 Å². The Morgan fingerprint density at radius 2 is 1.55 bits per heavy atom. The fourth-order valence-electron chi connectivity index (χ4n) is 0.965. The van der Waals surface area contributed by atoms with E-state index in [1.807, 2.05) is 0 Å². The van der Waals surface area contributed by atoms with Gasteiger partial charge in [-0.25, -0.2) is 0 Å². The maximum absolute atomic E-state index is 8.06. The second-order valence-corrected chi connectivity index (χ2v) is 2.17. The topological polar surface area (TPSA) is 97.5 Å². The predicted octanol–water partition coefficient (Wildman–Crippen LogP) is 2.30. The van der Waals surface area contributed by atoms with Crippen molar-refractivity contribution in [2.45, 2.75) is 18.5 Å². The molecular weight excluding hydrogens is 144 g/mol. The van der Waals surface area contributed by atoms with Gasteiger partial charge in [0.2, 0.25) is 0 Å². The van der Waals surface area contributed by atoms with Crippen LogP contribution in [0.4, 0.5) is 0 Å². The minimum absolute atomic E-state index is 0.143. The Kier molecular flexibility index (Phi) is 2.38. The van der Waals surface area contributed by atoms with Crippen molar-refractivity contribution in [2.75, 3.05) is 0 Å². The fourth-order valence-corrected chi connectivity index (χ4v) is 0.965. The fraction of sp³-hybridized carbons (Fsp3) is 0.600. The van der Waals surface area contributed by atoms with Crippen LogP contribution in [-0.2, 0) is 0 Å². The summed E-state index contributed by atoms with van der Waals surface area (Å²) in [5.74, 6) is 0. The molecule has 2 atom stereocenters. The van der Waals surface area contributed by atoms with Gasteiger partial charge in [0.25, 0.3) is 0 Å². The lowest BCUT2D eigenvalue weighted by Gasteiger charge is -1.98. The average molecular weight is 150 g/mol. The van der Waals surface area contributed by atoms with E-state index in [2.05, 4.69) is 20.1 Å². The van der Waals surface area contributed by atoms with Gasteiger partial charge >= 0.3 is 0 Å². The molecular formula is C5H6N6. The van der Waals surface area contributed by atoms with Crippen LogP contribution in [0.3, 0.4) is 0 Å². The molecule has 0 fully saturated rings. The minimum atomic E-state index is -0.143. The molecule has 0 bridgehead atoms. The second kappa shape index (κ2) is 3.51. The summed E-state index contributed by atoms with van der Waals surface area (Å²) in [4.78, 5) is 5.30. The van der Waals surface area contributed by atoms with Gasteiger partial charge in [-0.2, -0.15) is 0 Å². The van der Waals surface area contributed by atoms with E-state index in [0.29, 0.717) is 6.42 Å². The summed E-state index contributed by atoms with van der Waals surface area (Å²) in [6, 6.07) is -0.286. The summed E-state index contributed by atoms with van der Waals surface area (Å²) in [7, 11) is 0. The van der Waals surface area contributed by atoms with Crippen molar-refractivity contribution < 1.29 is 0 Å². The zero-order valence-electron chi connectivity index (χ0n) is 5.70. The van der Waals surface area contributed by atoms with Crippen molar-refractivity contribution >= 4 is 0 Å². The summed E-state index contributed by atoms with van der Waals surface area (Å²) in [5.41, 5.74) is 16.1. The number of rotatable bonds is 2. The van der Waals surface area contributed by atoms with E-state index < -0.39 is 0 Å². The van der Waals surface area contributed by atoms with E-state index in [4.69, 9.17) is 11.1 Å². The second-order valence-electron chi connectivity index (χ2n) is 2.17. The molecule has 0 amide bonds. The first-order valence-corrected chi connectivity index (χ1v) is 3.13. The van der Waals surface area contributed by atoms with Crippen molar-refractivity contribution in [1.29, 1.82) is 0 Å². The van der Waals surface area contributed by atoms with E-state index in [-0.39, 0.29) is 12.1 Å². The number of nitrogens with zero attached hydrogens (tertiary/aromatic N) is 6. The van der Waals surface area contributed by atoms with Gasteiger partial charge < -0.3 is 0 Å². The molecule has 0 heterocycles. The third-order valence-electron chi connectivity index (χ3n) is 1.44. The number of azide groups is 2. The molecule has 6 heteroatoms. The zero-order valence-corrected chi connectivity index (χ0v) is 5.70. The van der Waals surface area contributed by atoms with Gasteiger partial charge in [0.15, 0.2) is 0 Å². The first-order valence-electron chi connectivity index (χ1n) is 3.13. The van der Waals surface area contributed by atoms with E-state index in [0.717, 1.165) is 0 Å². The Hall–Kier alpha value is -1.64. The summed E-state index contributed by atoms with van der Waals surface area (Å²) < 4.78 is 0. The Morgan fingerprint density at radius 1 is 1.09 bits per heavy atom. The van der Waals surface area contributed by atoms with Crippen LogP contribution in [0.1, 0.15) is 6.42 Å². The highest BCUT2D eigenvalue weighted by atomic mass is 15.2. The standard InChI is InChI=1S/C5H6N6/c6-10-8-4-1-2-5(3-4)9-11-7/h1-2,4-5H,3H2/t4-,5+.